The van der Waals surface area contributed by atoms with Crippen molar-refractivity contribution >= 4 is 15.9 Å². The van der Waals surface area contributed by atoms with E-state index in [9.17, 15) is 0 Å². The zero-order valence-electron chi connectivity index (χ0n) is 5.58. The van der Waals surface area contributed by atoms with Gasteiger partial charge in [-0.25, -0.2) is 0 Å². The molecule has 0 fully saturated rings. The van der Waals surface area contributed by atoms with Crippen molar-refractivity contribution in [2.45, 2.75) is 0 Å². The van der Waals surface area contributed by atoms with Crippen LogP contribution in [0.15, 0.2) is 28.7 Å². The minimum Gasteiger partial charge on any atom is -0.870 e. The molecule has 50 valence electrons. The molecule has 0 aliphatic heterocycles. The van der Waals surface area contributed by atoms with E-state index in [4.69, 9.17) is 5.11 Å². The summed E-state index contributed by atoms with van der Waals surface area (Å²) in [6, 6.07) is 6.83. The van der Waals surface area contributed by atoms with Crippen molar-refractivity contribution < 1.29 is 40.1 Å². The van der Waals surface area contributed by atoms with Crippen LogP contribution >= 0.6 is 15.9 Å². The normalized spacial score (nSPS) is 7.30. The van der Waals surface area contributed by atoms with Crippen LogP contribution in [-0.4, -0.2) is 10.6 Å². The summed E-state index contributed by atoms with van der Waals surface area (Å²) in [5.74, 6) is 0.299. The monoisotopic (exact) mass is 212 g/mol. The van der Waals surface area contributed by atoms with Crippen LogP contribution in [0.2, 0.25) is 0 Å². The predicted octanol–water partition coefficient (Wildman–Crippen LogP) is -1.02. The van der Waals surface area contributed by atoms with E-state index >= 15 is 0 Å². The Bertz CT molecular complexity index is 155. The second kappa shape index (κ2) is 6.19. The summed E-state index contributed by atoms with van der Waals surface area (Å²) >= 11 is 3.23. The van der Waals surface area contributed by atoms with Gasteiger partial charge in [0.2, 0.25) is 0 Å². The molecule has 0 unspecified atom stereocenters. The van der Waals surface area contributed by atoms with Crippen molar-refractivity contribution in [3.63, 3.8) is 0 Å². The van der Waals surface area contributed by atoms with E-state index in [0.717, 1.165) is 4.47 Å². The molecule has 0 amide bonds. The Morgan fingerprint density at radius 3 is 1.80 bits per heavy atom. The van der Waals surface area contributed by atoms with Gasteiger partial charge in [0.25, 0.3) is 0 Å². The van der Waals surface area contributed by atoms with Crippen molar-refractivity contribution in [2.24, 2.45) is 0 Å². The maximum Gasteiger partial charge on any atom is 1.00 e. The number of hydrogen-bond donors (Lipinski definition) is 1. The maximum absolute atomic E-state index is 8.74. The maximum atomic E-state index is 8.74. The third-order valence-corrected chi connectivity index (χ3v) is 1.36. The topological polar surface area (TPSA) is 50.2 Å². The molecule has 0 bridgehead atoms. The fraction of sp³-hybridized carbons (Fsp3) is 0. The quantitative estimate of drug-likeness (QED) is 0.561. The van der Waals surface area contributed by atoms with E-state index in [1.54, 1.807) is 24.3 Å². The molecule has 1 aromatic rings. The molecule has 2 N–H and O–H groups in total. The Hall–Kier alpha value is 0.460. The van der Waals surface area contributed by atoms with Crippen LogP contribution in [0.5, 0.6) is 5.75 Å². The number of aromatic hydroxyl groups is 1. The second-order valence-electron chi connectivity index (χ2n) is 1.48. The van der Waals surface area contributed by atoms with Crippen LogP contribution < -0.4 is 29.6 Å². The van der Waals surface area contributed by atoms with E-state index in [1.165, 1.54) is 0 Å². The van der Waals surface area contributed by atoms with Crippen molar-refractivity contribution in [1.29, 1.82) is 0 Å². The number of phenolic OH excluding ortho intramolecular Hbond substituents is 1. The Kier molecular flexibility index (Phi) is 8.09. The minimum absolute atomic E-state index is 0. The molecular formula is C6H6BrNaO2. The van der Waals surface area contributed by atoms with E-state index in [0.29, 0.717) is 5.75 Å². The van der Waals surface area contributed by atoms with E-state index in [-0.39, 0.29) is 35.0 Å². The Morgan fingerprint density at radius 2 is 1.50 bits per heavy atom. The Balaban J connectivity index is 0. The zero-order chi connectivity index (χ0) is 5.98. The summed E-state index contributed by atoms with van der Waals surface area (Å²) in [5, 5.41) is 8.74. The van der Waals surface area contributed by atoms with Gasteiger partial charge < -0.3 is 10.6 Å². The summed E-state index contributed by atoms with van der Waals surface area (Å²) in [7, 11) is 0. The Morgan fingerprint density at radius 1 is 1.10 bits per heavy atom. The van der Waals surface area contributed by atoms with Crippen LogP contribution in [0.1, 0.15) is 0 Å². The standard InChI is InChI=1S/C6H5BrO.Na.H2O/c7-5-1-3-6(8)4-2-5;;/h1-4,8H;;1H2/q;+1;/p-1. The zero-order valence-corrected chi connectivity index (χ0v) is 9.17. The predicted molar refractivity (Wildman–Crippen MR) is 37.7 cm³/mol. The molecule has 0 saturated heterocycles. The van der Waals surface area contributed by atoms with Crippen LogP contribution in [0.3, 0.4) is 0 Å². The molecule has 0 aliphatic carbocycles. The molecule has 0 heterocycles. The van der Waals surface area contributed by atoms with Gasteiger partial charge in [-0.05, 0) is 24.3 Å². The first-order chi connectivity index (χ1) is 3.79. The van der Waals surface area contributed by atoms with Gasteiger partial charge in [-0.15, -0.1) is 0 Å². The van der Waals surface area contributed by atoms with Gasteiger partial charge in [-0.2, -0.15) is 0 Å². The van der Waals surface area contributed by atoms with Crippen molar-refractivity contribution in [3.8, 4) is 5.75 Å². The molecular weight excluding hydrogens is 207 g/mol. The molecule has 1 aromatic carbocycles. The smallest absolute Gasteiger partial charge is 0.870 e. The molecule has 0 saturated carbocycles. The average molecular weight is 213 g/mol. The van der Waals surface area contributed by atoms with E-state index in [2.05, 4.69) is 15.9 Å². The SMILES string of the molecule is Oc1ccc(Br)cc1.[Na+].[OH-]. The molecule has 0 radical (unpaired) electrons. The molecule has 0 spiro atoms. The number of benzene rings is 1. The minimum atomic E-state index is 0. The molecule has 0 atom stereocenters. The van der Waals surface area contributed by atoms with Crippen molar-refractivity contribution in [3.05, 3.63) is 28.7 Å². The van der Waals surface area contributed by atoms with Gasteiger partial charge in [-0.1, -0.05) is 15.9 Å². The number of halogens is 1. The van der Waals surface area contributed by atoms with Gasteiger partial charge >= 0.3 is 29.6 Å². The van der Waals surface area contributed by atoms with E-state index in [1.807, 2.05) is 0 Å². The molecule has 10 heavy (non-hydrogen) atoms. The van der Waals surface area contributed by atoms with Gasteiger partial charge in [0.1, 0.15) is 5.75 Å². The summed E-state index contributed by atoms with van der Waals surface area (Å²) in [6.45, 7) is 0. The fourth-order valence-electron chi connectivity index (χ4n) is 0.441. The molecule has 1 rings (SSSR count). The summed E-state index contributed by atoms with van der Waals surface area (Å²) in [6.07, 6.45) is 0. The first-order valence-corrected chi connectivity index (χ1v) is 3.03. The van der Waals surface area contributed by atoms with Gasteiger partial charge in [0, 0.05) is 4.47 Å². The average Bonchev–Trinajstić information content (AvgIpc) is 1.77. The van der Waals surface area contributed by atoms with Crippen molar-refractivity contribution in [2.75, 3.05) is 0 Å². The summed E-state index contributed by atoms with van der Waals surface area (Å²) in [5.41, 5.74) is 0. The van der Waals surface area contributed by atoms with Crippen LogP contribution in [-0.2, 0) is 0 Å². The molecule has 2 nitrogen and oxygen atoms in total. The van der Waals surface area contributed by atoms with E-state index < -0.39 is 0 Å². The van der Waals surface area contributed by atoms with Crippen LogP contribution in [0.25, 0.3) is 0 Å². The first-order valence-electron chi connectivity index (χ1n) is 2.23. The van der Waals surface area contributed by atoms with Gasteiger partial charge in [0.15, 0.2) is 0 Å². The Labute approximate surface area is 90.0 Å². The summed E-state index contributed by atoms with van der Waals surface area (Å²) < 4.78 is 0.982. The summed E-state index contributed by atoms with van der Waals surface area (Å²) in [4.78, 5) is 0. The number of rotatable bonds is 0. The third kappa shape index (κ3) is 4.30. The third-order valence-electron chi connectivity index (χ3n) is 0.827. The van der Waals surface area contributed by atoms with Gasteiger partial charge in [-0.3, -0.25) is 0 Å². The van der Waals surface area contributed by atoms with Crippen LogP contribution in [0.4, 0.5) is 0 Å². The van der Waals surface area contributed by atoms with Crippen LogP contribution in [0, 0.1) is 0 Å². The molecule has 4 heteroatoms. The van der Waals surface area contributed by atoms with Crippen molar-refractivity contribution in [1.82, 2.24) is 0 Å². The first kappa shape index (κ1) is 13.1. The molecule has 0 aromatic heterocycles. The van der Waals surface area contributed by atoms with Gasteiger partial charge in [0.05, 0.1) is 0 Å². The second-order valence-corrected chi connectivity index (χ2v) is 2.39. The number of phenols is 1. The number of hydrogen-bond acceptors (Lipinski definition) is 2. The molecule has 0 aliphatic rings. The fourth-order valence-corrected chi connectivity index (χ4v) is 0.705. The largest absolute Gasteiger partial charge is 1.00 e.